The number of nitrogens with zero attached hydrogens (tertiary/aromatic N) is 2. The molecule has 1 aromatic heterocycles. The van der Waals surface area contributed by atoms with E-state index in [1.54, 1.807) is 0 Å². The highest BCUT2D eigenvalue weighted by atomic mass is 16.5. The van der Waals surface area contributed by atoms with Crippen LogP contribution in [0.15, 0.2) is 4.52 Å². The third-order valence-electron chi connectivity index (χ3n) is 5.33. The van der Waals surface area contributed by atoms with Gasteiger partial charge >= 0.3 is 0 Å². The summed E-state index contributed by atoms with van der Waals surface area (Å²) in [6.45, 7) is 13.0. The maximum atomic E-state index is 6.11. The molecule has 0 N–H and O–H groups in total. The summed E-state index contributed by atoms with van der Waals surface area (Å²) < 4.78 is 17.5. The van der Waals surface area contributed by atoms with Crippen molar-refractivity contribution in [2.75, 3.05) is 26.3 Å². The monoisotopic (exact) mass is 322 g/mol. The van der Waals surface area contributed by atoms with E-state index in [2.05, 4.69) is 23.9 Å². The largest absolute Gasteiger partial charge is 0.378 e. The molecule has 2 atom stereocenters. The van der Waals surface area contributed by atoms with Gasteiger partial charge in [0.2, 0.25) is 0 Å². The first-order valence-electron chi connectivity index (χ1n) is 8.87. The molecule has 5 heteroatoms. The quantitative estimate of drug-likeness (QED) is 0.834. The van der Waals surface area contributed by atoms with Crippen molar-refractivity contribution in [2.24, 2.45) is 5.41 Å². The summed E-state index contributed by atoms with van der Waals surface area (Å²) in [6, 6.07) is 0. The van der Waals surface area contributed by atoms with Crippen molar-refractivity contribution in [3.8, 4) is 0 Å². The molecule has 0 aromatic carbocycles. The molecule has 0 spiro atoms. The van der Waals surface area contributed by atoms with Crippen LogP contribution in [0.25, 0.3) is 0 Å². The molecule has 3 rings (SSSR count). The summed E-state index contributed by atoms with van der Waals surface area (Å²) in [5.41, 5.74) is 2.39. The second kappa shape index (κ2) is 6.91. The van der Waals surface area contributed by atoms with Gasteiger partial charge in [0, 0.05) is 37.2 Å². The van der Waals surface area contributed by atoms with Crippen molar-refractivity contribution in [1.29, 1.82) is 0 Å². The summed E-state index contributed by atoms with van der Waals surface area (Å²) in [4.78, 5) is 2.53. The van der Waals surface area contributed by atoms with E-state index in [9.17, 15) is 0 Å². The van der Waals surface area contributed by atoms with Gasteiger partial charge in [0.05, 0.1) is 24.5 Å². The third-order valence-corrected chi connectivity index (χ3v) is 5.33. The maximum absolute atomic E-state index is 6.11. The maximum Gasteiger partial charge on any atom is 0.138 e. The molecule has 130 valence electrons. The van der Waals surface area contributed by atoms with Crippen molar-refractivity contribution >= 4 is 0 Å². The number of hydrogen-bond acceptors (Lipinski definition) is 5. The van der Waals surface area contributed by atoms with Gasteiger partial charge in [-0.05, 0) is 47.0 Å². The first-order chi connectivity index (χ1) is 11.0. The van der Waals surface area contributed by atoms with Gasteiger partial charge < -0.3 is 14.0 Å². The third kappa shape index (κ3) is 3.62. The molecule has 2 saturated heterocycles. The Labute approximate surface area is 139 Å². The molecule has 2 aliphatic rings. The summed E-state index contributed by atoms with van der Waals surface area (Å²) in [6.07, 6.45) is 4.03. The predicted molar refractivity (Wildman–Crippen MR) is 88.4 cm³/mol. The van der Waals surface area contributed by atoms with Crippen LogP contribution in [0.2, 0.25) is 0 Å². The van der Waals surface area contributed by atoms with E-state index in [0.717, 1.165) is 57.1 Å². The molecule has 0 unspecified atom stereocenters. The standard InChI is InChI=1S/C18H30N2O3/c1-13(2)22-12-18-7-5-9-21-17(18)6-8-20(11-18)10-16-14(3)19-23-15(16)4/h13,17H,5-12H2,1-4H3/t17-,18+/m1/s1. The lowest BCUT2D eigenvalue weighted by Crippen LogP contribution is -2.56. The normalized spacial score (nSPS) is 29.0. The number of fused-ring (bicyclic) bond motifs is 1. The molecule has 23 heavy (non-hydrogen) atoms. The molecule has 2 fully saturated rings. The summed E-state index contributed by atoms with van der Waals surface area (Å²) in [7, 11) is 0. The van der Waals surface area contributed by atoms with Gasteiger partial charge in [0.1, 0.15) is 5.76 Å². The number of hydrogen-bond donors (Lipinski definition) is 0. The van der Waals surface area contributed by atoms with Crippen LogP contribution < -0.4 is 0 Å². The summed E-state index contributed by atoms with van der Waals surface area (Å²) >= 11 is 0. The Kier molecular flexibility index (Phi) is 5.09. The van der Waals surface area contributed by atoms with Gasteiger partial charge in [0.25, 0.3) is 0 Å². The van der Waals surface area contributed by atoms with Gasteiger partial charge in [-0.3, -0.25) is 4.90 Å². The fourth-order valence-electron chi connectivity index (χ4n) is 4.01. The molecule has 2 aliphatic heterocycles. The van der Waals surface area contributed by atoms with Crippen LogP contribution in [0.3, 0.4) is 0 Å². The van der Waals surface area contributed by atoms with E-state index in [1.807, 2.05) is 13.8 Å². The molecule has 0 bridgehead atoms. The molecule has 0 saturated carbocycles. The Morgan fingerprint density at radius 1 is 1.39 bits per heavy atom. The van der Waals surface area contributed by atoms with Crippen LogP contribution in [0, 0.1) is 19.3 Å². The lowest BCUT2D eigenvalue weighted by molar-refractivity contribution is -0.159. The highest BCUT2D eigenvalue weighted by molar-refractivity contribution is 5.20. The smallest absolute Gasteiger partial charge is 0.138 e. The zero-order valence-electron chi connectivity index (χ0n) is 14.9. The minimum atomic E-state index is 0.139. The van der Waals surface area contributed by atoms with E-state index in [0.29, 0.717) is 6.10 Å². The fourth-order valence-corrected chi connectivity index (χ4v) is 4.01. The van der Waals surface area contributed by atoms with Crippen LogP contribution in [0.1, 0.15) is 50.1 Å². The first-order valence-corrected chi connectivity index (χ1v) is 8.87. The number of aryl methyl sites for hydroxylation is 2. The van der Waals surface area contributed by atoms with E-state index >= 15 is 0 Å². The lowest BCUT2D eigenvalue weighted by atomic mass is 9.73. The average molecular weight is 322 g/mol. The van der Waals surface area contributed by atoms with Gasteiger partial charge in [-0.15, -0.1) is 0 Å². The fraction of sp³-hybridized carbons (Fsp3) is 0.833. The van der Waals surface area contributed by atoms with E-state index in [1.165, 1.54) is 12.0 Å². The van der Waals surface area contributed by atoms with E-state index < -0.39 is 0 Å². The Bertz CT molecular complexity index is 509. The number of likely N-dealkylation sites (tertiary alicyclic amines) is 1. The van der Waals surface area contributed by atoms with Crippen LogP contribution in [-0.2, 0) is 16.0 Å². The van der Waals surface area contributed by atoms with Gasteiger partial charge in [-0.2, -0.15) is 0 Å². The van der Waals surface area contributed by atoms with Crippen LogP contribution in [0.5, 0.6) is 0 Å². The highest BCUT2D eigenvalue weighted by Crippen LogP contribution is 2.41. The van der Waals surface area contributed by atoms with Crippen molar-refractivity contribution in [2.45, 2.75) is 65.7 Å². The Morgan fingerprint density at radius 3 is 2.91 bits per heavy atom. The van der Waals surface area contributed by atoms with E-state index in [-0.39, 0.29) is 11.5 Å². The zero-order chi connectivity index (χ0) is 16.4. The first kappa shape index (κ1) is 16.9. The van der Waals surface area contributed by atoms with Crippen molar-refractivity contribution in [3.63, 3.8) is 0 Å². The topological polar surface area (TPSA) is 47.7 Å². The molecule has 5 nitrogen and oxygen atoms in total. The molecule has 1 aromatic rings. The van der Waals surface area contributed by atoms with Gasteiger partial charge in [0.15, 0.2) is 0 Å². The second-order valence-corrected chi connectivity index (χ2v) is 7.49. The molecular weight excluding hydrogens is 292 g/mol. The number of piperidine rings is 1. The summed E-state index contributed by atoms with van der Waals surface area (Å²) in [5.74, 6) is 0.942. The molecular formula is C18H30N2O3. The van der Waals surface area contributed by atoms with E-state index in [4.69, 9.17) is 14.0 Å². The molecule has 3 heterocycles. The van der Waals surface area contributed by atoms with Gasteiger partial charge in [-0.1, -0.05) is 5.16 Å². The summed E-state index contributed by atoms with van der Waals surface area (Å²) in [5, 5.41) is 4.09. The lowest BCUT2D eigenvalue weighted by Gasteiger charge is -2.50. The second-order valence-electron chi connectivity index (χ2n) is 7.49. The molecule has 0 radical (unpaired) electrons. The molecule has 0 aliphatic carbocycles. The number of ether oxygens (including phenoxy) is 2. The Morgan fingerprint density at radius 2 is 2.22 bits per heavy atom. The number of aromatic nitrogens is 1. The average Bonchev–Trinajstić information content (AvgIpc) is 2.85. The van der Waals surface area contributed by atoms with Crippen LogP contribution in [-0.4, -0.2) is 48.6 Å². The van der Waals surface area contributed by atoms with Crippen LogP contribution >= 0.6 is 0 Å². The molecule has 0 amide bonds. The van der Waals surface area contributed by atoms with Crippen molar-refractivity contribution in [3.05, 3.63) is 17.0 Å². The predicted octanol–water partition coefficient (Wildman–Crippen LogP) is 3.09. The zero-order valence-corrected chi connectivity index (χ0v) is 14.9. The minimum absolute atomic E-state index is 0.139. The Balaban J connectivity index is 1.72. The Hall–Kier alpha value is -0.910. The van der Waals surface area contributed by atoms with Crippen LogP contribution in [0.4, 0.5) is 0 Å². The highest BCUT2D eigenvalue weighted by Gasteiger charge is 2.46. The number of rotatable bonds is 5. The van der Waals surface area contributed by atoms with Gasteiger partial charge in [-0.25, -0.2) is 0 Å². The van der Waals surface area contributed by atoms with Crippen molar-refractivity contribution in [1.82, 2.24) is 10.1 Å². The minimum Gasteiger partial charge on any atom is -0.378 e. The SMILES string of the molecule is Cc1noc(C)c1CN1CC[C@H]2OCCC[C@@]2(COC(C)C)C1. The van der Waals surface area contributed by atoms with Crippen molar-refractivity contribution < 1.29 is 14.0 Å².